The number of benzene rings is 4. The van der Waals surface area contributed by atoms with Gasteiger partial charge in [-0.05, 0) is 102 Å². The van der Waals surface area contributed by atoms with Crippen molar-refractivity contribution < 1.29 is 0 Å². The third-order valence-corrected chi connectivity index (χ3v) is 9.36. The molecule has 0 amide bonds. The van der Waals surface area contributed by atoms with Crippen molar-refractivity contribution in [3.05, 3.63) is 164 Å². The van der Waals surface area contributed by atoms with Gasteiger partial charge in [0.15, 0.2) is 0 Å². The third-order valence-electron chi connectivity index (χ3n) is 9.36. The molecule has 0 N–H and O–H groups in total. The summed E-state index contributed by atoms with van der Waals surface area (Å²) >= 11 is 0. The predicted molar refractivity (Wildman–Crippen MR) is 201 cm³/mol. The van der Waals surface area contributed by atoms with E-state index < -0.39 is 0 Å². The zero-order valence-electron chi connectivity index (χ0n) is 27.2. The predicted octanol–water partition coefficient (Wildman–Crippen LogP) is 10.8. The number of hydrogen-bond acceptors (Lipinski definition) is 4. The van der Waals surface area contributed by atoms with Crippen molar-refractivity contribution in [2.24, 2.45) is 0 Å². The Balaban J connectivity index is 1.21. The van der Waals surface area contributed by atoms with E-state index >= 15 is 0 Å². The molecule has 0 fully saturated rings. The average Bonchev–Trinajstić information content (AvgIpc) is 3.49. The van der Waals surface area contributed by atoms with E-state index in [4.69, 9.17) is 0 Å². The molecule has 9 rings (SSSR count). The van der Waals surface area contributed by atoms with Crippen molar-refractivity contribution in [1.82, 2.24) is 24.5 Å². The molecule has 5 heteroatoms. The van der Waals surface area contributed by atoms with Crippen LogP contribution in [0.4, 0.5) is 0 Å². The summed E-state index contributed by atoms with van der Waals surface area (Å²) in [5.74, 6) is 0. The van der Waals surface area contributed by atoms with Gasteiger partial charge in [0.05, 0.1) is 11.0 Å². The number of aryl methyl sites for hydroxylation is 2. The fourth-order valence-corrected chi connectivity index (χ4v) is 7.00. The second-order valence-corrected chi connectivity index (χ2v) is 12.6. The van der Waals surface area contributed by atoms with Gasteiger partial charge in [-0.1, -0.05) is 54.6 Å². The maximum Gasteiger partial charge on any atom is 0.0619 e. The maximum atomic E-state index is 4.64. The molecule has 0 saturated carbocycles. The van der Waals surface area contributed by atoms with Crippen molar-refractivity contribution >= 4 is 32.6 Å². The van der Waals surface area contributed by atoms with Gasteiger partial charge in [-0.15, -0.1) is 0 Å². The molecule has 0 aliphatic carbocycles. The second-order valence-electron chi connectivity index (χ2n) is 12.6. The molecule has 0 radical (unpaired) electrons. The van der Waals surface area contributed by atoms with E-state index in [-0.39, 0.29) is 0 Å². The highest BCUT2D eigenvalue weighted by Gasteiger charge is 2.17. The van der Waals surface area contributed by atoms with Gasteiger partial charge in [0.1, 0.15) is 0 Å². The highest BCUT2D eigenvalue weighted by atomic mass is 15.0. The summed E-state index contributed by atoms with van der Waals surface area (Å²) < 4.78 is 2.41. The summed E-state index contributed by atoms with van der Waals surface area (Å²) in [6.07, 6.45) is 11.4. The summed E-state index contributed by atoms with van der Waals surface area (Å²) in [4.78, 5) is 18.0. The number of hydrogen-bond donors (Lipinski definition) is 0. The number of para-hydroxylation sites is 1. The Morgan fingerprint density at radius 1 is 0.429 bits per heavy atom. The number of aromatic nitrogens is 5. The Morgan fingerprint density at radius 2 is 0.959 bits per heavy atom. The monoisotopic (exact) mass is 629 g/mol. The van der Waals surface area contributed by atoms with Crippen LogP contribution in [-0.2, 0) is 0 Å². The minimum atomic E-state index is 0.987. The van der Waals surface area contributed by atoms with Gasteiger partial charge in [-0.3, -0.25) is 19.9 Å². The van der Waals surface area contributed by atoms with Crippen molar-refractivity contribution in [1.29, 1.82) is 0 Å². The molecule has 4 aromatic carbocycles. The van der Waals surface area contributed by atoms with Gasteiger partial charge in [-0.2, -0.15) is 0 Å². The lowest BCUT2D eigenvalue weighted by Crippen LogP contribution is -1.94. The van der Waals surface area contributed by atoms with Crippen LogP contribution in [0.5, 0.6) is 0 Å². The zero-order chi connectivity index (χ0) is 32.9. The Labute approximate surface area is 284 Å². The Kier molecular flexibility index (Phi) is 6.83. The van der Waals surface area contributed by atoms with E-state index in [0.717, 1.165) is 67.1 Å². The molecule has 9 aromatic rings. The smallest absolute Gasteiger partial charge is 0.0619 e. The lowest BCUT2D eigenvalue weighted by molar-refractivity contribution is 1.19. The van der Waals surface area contributed by atoms with Crippen molar-refractivity contribution in [2.75, 3.05) is 0 Å². The molecule has 0 atom stereocenters. The normalized spacial score (nSPS) is 11.5. The second kappa shape index (κ2) is 11.7. The standard InChI is InChI=1S/C44H31N5/c1-28-18-32(14-16-47-28)37-21-35(24-45-26-37)30-8-11-40-34(20-30)10-13-42-41-12-9-31(23-43(41)49(44(40)42)39-6-4-3-5-7-39)36-22-38(27-46-25-36)33-15-17-48-29(2)19-33/h3-27H,1-2H3. The van der Waals surface area contributed by atoms with Gasteiger partial charge in [0, 0.05) is 92.7 Å². The molecule has 0 unspecified atom stereocenters. The quantitative estimate of drug-likeness (QED) is 0.190. The van der Waals surface area contributed by atoms with Gasteiger partial charge >= 0.3 is 0 Å². The summed E-state index contributed by atoms with van der Waals surface area (Å²) in [7, 11) is 0. The van der Waals surface area contributed by atoms with Crippen LogP contribution in [0.15, 0.2) is 152 Å². The van der Waals surface area contributed by atoms with Crippen LogP contribution in [0.25, 0.3) is 82.8 Å². The van der Waals surface area contributed by atoms with Crippen LogP contribution in [0, 0.1) is 13.8 Å². The SMILES string of the molecule is Cc1cc(-c2cncc(-c3ccc4c(ccc5c6ccc(-c7cncc(-c8ccnc(C)c8)c7)cc6n(-c6ccccc6)c45)c3)c2)ccn1. The summed E-state index contributed by atoms with van der Waals surface area (Å²) in [5.41, 5.74) is 14.2. The van der Waals surface area contributed by atoms with E-state index in [2.05, 4.69) is 128 Å². The van der Waals surface area contributed by atoms with Gasteiger partial charge < -0.3 is 4.57 Å². The summed E-state index contributed by atoms with van der Waals surface area (Å²) in [6.45, 7) is 4.03. The maximum absolute atomic E-state index is 4.64. The first-order valence-corrected chi connectivity index (χ1v) is 16.4. The summed E-state index contributed by atoms with van der Waals surface area (Å²) in [5, 5.41) is 4.82. The first-order valence-electron chi connectivity index (χ1n) is 16.4. The molecular weight excluding hydrogens is 599 g/mol. The first kappa shape index (κ1) is 28.7. The molecule has 5 heterocycles. The minimum Gasteiger partial charge on any atom is -0.309 e. The number of pyridine rings is 4. The molecule has 49 heavy (non-hydrogen) atoms. The molecule has 5 aromatic heterocycles. The van der Waals surface area contributed by atoms with E-state index in [1.807, 2.05) is 63.2 Å². The Hall–Kier alpha value is -6.46. The first-order chi connectivity index (χ1) is 24.1. The molecular formula is C44H31N5. The highest BCUT2D eigenvalue weighted by Crippen LogP contribution is 2.40. The van der Waals surface area contributed by atoms with E-state index in [1.165, 1.54) is 27.1 Å². The topological polar surface area (TPSA) is 56.5 Å². The molecule has 0 spiro atoms. The van der Waals surface area contributed by atoms with Crippen LogP contribution in [0.2, 0.25) is 0 Å². The molecule has 0 aliphatic heterocycles. The van der Waals surface area contributed by atoms with E-state index in [1.54, 1.807) is 0 Å². The van der Waals surface area contributed by atoms with E-state index in [9.17, 15) is 0 Å². The van der Waals surface area contributed by atoms with Crippen molar-refractivity contribution in [3.63, 3.8) is 0 Å². The van der Waals surface area contributed by atoms with Crippen molar-refractivity contribution in [3.8, 4) is 50.2 Å². The summed E-state index contributed by atoms with van der Waals surface area (Å²) in [6, 6.07) is 41.4. The van der Waals surface area contributed by atoms with Crippen LogP contribution in [-0.4, -0.2) is 24.5 Å². The Bertz CT molecular complexity index is 2690. The average molecular weight is 630 g/mol. The molecule has 0 bridgehead atoms. The van der Waals surface area contributed by atoms with E-state index in [0.29, 0.717) is 0 Å². The van der Waals surface area contributed by atoms with Crippen LogP contribution in [0.1, 0.15) is 11.4 Å². The molecule has 0 aliphatic rings. The van der Waals surface area contributed by atoms with Gasteiger partial charge in [-0.25, -0.2) is 0 Å². The van der Waals surface area contributed by atoms with Crippen molar-refractivity contribution in [2.45, 2.75) is 13.8 Å². The van der Waals surface area contributed by atoms with Gasteiger partial charge in [0.2, 0.25) is 0 Å². The van der Waals surface area contributed by atoms with Crippen LogP contribution >= 0.6 is 0 Å². The lowest BCUT2D eigenvalue weighted by atomic mass is 9.98. The van der Waals surface area contributed by atoms with Gasteiger partial charge in [0.25, 0.3) is 0 Å². The third kappa shape index (κ3) is 5.13. The number of fused-ring (bicyclic) bond motifs is 5. The molecule has 232 valence electrons. The van der Waals surface area contributed by atoms with Crippen LogP contribution < -0.4 is 0 Å². The number of nitrogens with zero attached hydrogens (tertiary/aromatic N) is 5. The lowest BCUT2D eigenvalue weighted by Gasteiger charge is -2.12. The fourth-order valence-electron chi connectivity index (χ4n) is 7.00. The number of rotatable bonds is 5. The minimum absolute atomic E-state index is 0.987. The largest absolute Gasteiger partial charge is 0.309 e. The van der Waals surface area contributed by atoms with Crippen LogP contribution in [0.3, 0.4) is 0 Å². The highest BCUT2D eigenvalue weighted by molar-refractivity contribution is 6.19. The Morgan fingerprint density at radius 3 is 1.55 bits per heavy atom. The fraction of sp³-hybridized carbons (Fsp3) is 0.0455. The molecule has 0 saturated heterocycles. The molecule has 5 nitrogen and oxygen atoms in total. The zero-order valence-corrected chi connectivity index (χ0v) is 27.2.